The minimum Gasteiger partial charge on any atom is -0.481 e. The molecule has 1 aliphatic rings. The molecule has 1 saturated heterocycles. The number of carbonyl (C=O) groups excluding carboxylic acids is 2. The van der Waals surface area contributed by atoms with Crippen LogP contribution in [0.25, 0.3) is 0 Å². The summed E-state index contributed by atoms with van der Waals surface area (Å²) >= 11 is 6.01. The van der Waals surface area contributed by atoms with Gasteiger partial charge in [0.05, 0.1) is 12.0 Å². The smallest absolute Gasteiger partial charge is 0.303 e. The van der Waals surface area contributed by atoms with Gasteiger partial charge in [-0.3, -0.25) is 14.4 Å². The van der Waals surface area contributed by atoms with Crippen molar-refractivity contribution in [2.75, 3.05) is 19.6 Å². The molecule has 3 aromatic rings. The maximum atomic E-state index is 13.5. The van der Waals surface area contributed by atoms with E-state index < -0.39 is 17.0 Å². The standard InChI is InChI=1S/C32H35ClN2O5/c33-27-13-11-26(12-14-27)32(40)19-21-35(22-20-32)29(37)17-18-31(24-7-3-1-4-8-24,25-9-5-2-6-10-25)23-34-28(36)15-16-30(38)39/h1-14,40H,15-23H2,(H,34,36)(H,38,39). The van der Waals surface area contributed by atoms with Gasteiger partial charge in [-0.25, -0.2) is 0 Å². The summed E-state index contributed by atoms with van der Waals surface area (Å²) in [5, 5.41) is 23.8. The fourth-order valence-corrected chi connectivity index (χ4v) is 5.60. The molecule has 0 aliphatic carbocycles. The highest BCUT2D eigenvalue weighted by molar-refractivity contribution is 6.30. The number of piperidine rings is 1. The minimum atomic E-state index is -1.03. The Hall–Kier alpha value is -3.68. The van der Waals surface area contributed by atoms with Crippen molar-refractivity contribution in [3.05, 3.63) is 107 Å². The number of carboxylic acids is 1. The topological polar surface area (TPSA) is 107 Å². The maximum absolute atomic E-state index is 13.5. The van der Waals surface area contributed by atoms with Crippen LogP contribution in [0.1, 0.15) is 55.2 Å². The van der Waals surface area contributed by atoms with Crippen LogP contribution in [0.2, 0.25) is 5.02 Å². The number of nitrogens with zero attached hydrogens (tertiary/aromatic N) is 1. The Morgan fingerprint density at radius 1 is 0.825 bits per heavy atom. The van der Waals surface area contributed by atoms with E-state index in [1.807, 2.05) is 72.8 Å². The Bertz CT molecular complexity index is 1250. The summed E-state index contributed by atoms with van der Waals surface area (Å²) in [5.41, 5.74) is 1.03. The predicted molar refractivity (Wildman–Crippen MR) is 154 cm³/mol. The molecule has 0 spiro atoms. The van der Waals surface area contributed by atoms with Gasteiger partial charge in [-0.15, -0.1) is 0 Å². The summed E-state index contributed by atoms with van der Waals surface area (Å²) in [6.07, 6.45) is 1.19. The van der Waals surface area contributed by atoms with Gasteiger partial charge in [-0.2, -0.15) is 0 Å². The second-order valence-corrected chi connectivity index (χ2v) is 10.8. The third-order valence-corrected chi connectivity index (χ3v) is 8.15. The SMILES string of the molecule is O=C(O)CCC(=O)NCC(CCC(=O)N1CCC(O)(c2ccc(Cl)cc2)CC1)(c1ccccc1)c1ccccc1. The Morgan fingerprint density at radius 3 is 1.90 bits per heavy atom. The van der Waals surface area contributed by atoms with Crippen LogP contribution in [0.5, 0.6) is 0 Å². The van der Waals surface area contributed by atoms with Gasteiger partial charge in [0.15, 0.2) is 0 Å². The van der Waals surface area contributed by atoms with Crippen molar-refractivity contribution in [1.82, 2.24) is 10.2 Å². The number of nitrogens with one attached hydrogen (secondary N) is 1. The highest BCUT2D eigenvalue weighted by Gasteiger charge is 2.38. The molecule has 0 bridgehead atoms. The Kier molecular flexibility index (Phi) is 9.61. The quantitative estimate of drug-likeness (QED) is 0.308. The number of carboxylic acid groups (broad SMARTS) is 1. The van der Waals surface area contributed by atoms with Gasteiger partial charge in [0.25, 0.3) is 0 Å². The summed E-state index contributed by atoms with van der Waals surface area (Å²) in [7, 11) is 0. The average molecular weight is 563 g/mol. The van der Waals surface area contributed by atoms with Gasteiger partial charge in [0.2, 0.25) is 11.8 Å². The minimum absolute atomic E-state index is 0.00778. The molecule has 8 heteroatoms. The molecule has 1 aliphatic heterocycles. The lowest BCUT2D eigenvalue weighted by atomic mass is 9.71. The highest BCUT2D eigenvalue weighted by atomic mass is 35.5. The molecule has 0 aromatic heterocycles. The summed E-state index contributed by atoms with van der Waals surface area (Å²) in [5.74, 6) is -1.38. The van der Waals surface area contributed by atoms with Crippen LogP contribution in [0.4, 0.5) is 0 Å². The molecule has 210 valence electrons. The third kappa shape index (κ3) is 7.09. The van der Waals surface area contributed by atoms with E-state index in [1.54, 1.807) is 17.0 Å². The Labute approximate surface area is 239 Å². The number of hydrogen-bond acceptors (Lipinski definition) is 4. The van der Waals surface area contributed by atoms with E-state index in [0.717, 1.165) is 16.7 Å². The van der Waals surface area contributed by atoms with E-state index in [4.69, 9.17) is 16.7 Å². The van der Waals surface area contributed by atoms with Crippen LogP contribution in [0.15, 0.2) is 84.9 Å². The summed E-state index contributed by atoms with van der Waals surface area (Å²) in [4.78, 5) is 38.8. The molecule has 0 saturated carbocycles. The number of halogens is 1. The van der Waals surface area contributed by atoms with E-state index >= 15 is 0 Å². The zero-order chi connectivity index (χ0) is 28.6. The lowest BCUT2D eigenvalue weighted by Crippen LogP contribution is -2.46. The summed E-state index contributed by atoms with van der Waals surface area (Å²) in [6.45, 7) is 1.10. The van der Waals surface area contributed by atoms with E-state index in [-0.39, 0.29) is 37.6 Å². The molecule has 4 rings (SSSR count). The van der Waals surface area contributed by atoms with Gasteiger partial charge in [0.1, 0.15) is 0 Å². The van der Waals surface area contributed by atoms with Gasteiger partial charge in [-0.05, 0) is 48.1 Å². The van der Waals surface area contributed by atoms with Crippen molar-refractivity contribution < 1.29 is 24.6 Å². The van der Waals surface area contributed by atoms with Gasteiger partial charge in [0, 0.05) is 42.9 Å². The average Bonchev–Trinajstić information content (AvgIpc) is 2.98. The summed E-state index contributed by atoms with van der Waals surface area (Å²) in [6, 6.07) is 26.7. The number of rotatable bonds is 11. The number of hydrogen-bond donors (Lipinski definition) is 3. The van der Waals surface area contributed by atoms with Crippen molar-refractivity contribution in [3.63, 3.8) is 0 Å². The molecule has 40 heavy (non-hydrogen) atoms. The lowest BCUT2D eigenvalue weighted by molar-refractivity contribution is -0.139. The first-order valence-corrected chi connectivity index (χ1v) is 14.0. The van der Waals surface area contributed by atoms with Gasteiger partial charge >= 0.3 is 5.97 Å². The van der Waals surface area contributed by atoms with Crippen molar-refractivity contribution in [1.29, 1.82) is 0 Å². The zero-order valence-electron chi connectivity index (χ0n) is 22.4. The van der Waals surface area contributed by atoms with Gasteiger partial charge in [-0.1, -0.05) is 84.4 Å². The van der Waals surface area contributed by atoms with Crippen LogP contribution in [0.3, 0.4) is 0 Å². The van der Waals surface area contributed by atoms with Crippen LogP contribution in [-0.2, 0) is 25.4 Å². The van der Waals surface area contributed by atoms with Crippen LogP contribution < -0.4 is 5.32 Å². The fraction of sp³-hybridized carbons (Fsp3) is 0.344. The summed E-state index contributed by atoms with van der Waals surface area (Å²) < 4.78 is 0. The van der Waals surface area contributed by atoms with Crippen molar-refractivity contribution in [2.24, 2.45) is 0 Å². The number of amides is 2. The molecule has 1 heterocycles. The van der Waals surface area contributed by atoms with Crippen molar-refractivity contribution >= 4 is 29.4 Å². The lowest BCUT2D eigenvalue weighted by Gasteiger charge is -2.40. The molecular weight excluding hydrogens is 528 g/mol. The molecule has 7 nitrogen and oxygen atoms in total. The van der Waals surface area contributed by atoms with Crippen molar-refractivity contribution in [3.8, 4) is 0 Å². The number of benzene rings is 3. The van der Waals surface area contributed by atoms with E-state index in [2.05, 4.69) is 5.32 Å². The highest BCUT2D eigenvalue weighted by Crippen LogP contribution is 2.38. The molecule has 0 unspecified atom stereocenters. The zero-order valence-corrected chi connectivity index (χ0v) is 23.1. The largest absolute Gasteiger partial charge is 0.481 e. The molecule has 0 atom stereocenters. The molecule has 1 fully saturated rings. The van der Waals surface area contributed by atoms with E-state index in [1.165, 1.54) is 0 Å². The van der Waals surface area contributed by atoms with Crippen LogP contribution in [-0.4, -0.2) is 52.5 Å². The predicted octanol–water partition coefficient (Wildman–Crippen LogP) is 4.90. The van der Waals surface area contributed by atoms with Gasteiger partial charge < -0.3 is 20.4 Å². The Balaban J connectivity index is 1.51. The first-order valence-electron chi connectivity index (χ1n) is 13.6. The molecule has 3 aromatic carbocycles. The molecule has 0 radical (unpaired) electrons. The van der Waals surface area contributed by atoms with E-state index in [9.17, 15) is 19.5 Å². The van der Waals surface area contributed by atoms with Crippen LogP contribution >= 0.6 is 11.6 Å². The fourth-order valence-electron chi connectivity index (χ4n) is 5.47. The van der Waals surface area contributed by atoms with E-state index in [0.29, 0.717) is 37.4 Å². The Morgan fingerprint density at radius 2 is 1.38 bits per heavy atom. The molecule has 2 amide bonds. The number of likely N-dealkylation sites (tertiary alicyclic amines) is 1. The van der Waals surface area contributed by atoms with Crippen LogP contribution in [0, 0.1) is 0 Å². The van der Waals surface area contributed by atoms with Crippen molar-refractivity contribution in [2.45, 2.75) is 49.5 Å². The third-order valence-electron chi connectivity index (χ3n) is 7.90. The normalized spacial score (nSPS) is 14.9. The second kappa shape index (κ2) is 13.1. The molecular formula is C32H35ClN2O5. The molecule has 3 N–H and O–H groups in total. The number of carbonyl (C=O) groups is 3. The first-order chi connectivity index (χ1) is 19.2. The first kappa shape index (κ1) is 29.3. The number of aliphatic carboxylic acids is 1. The monoisotopic (exact) mass is 562 g/mol. The maximum Gasteiger partial charge on any atom is 0.303 e. The second-order valence-electron chi connectivity index (χ2n) is 10.4. The number of aliphatic hydroxyl groups is 1.